The molecule has 1 amide bonds. The van der Waals surface area contributed by atoms with Gasteiger partial charge in [0.2, 0.25) is 5.91 Å². The number of carbonyl (C=O) groups is 2. The minimum Gasteiger partial charge on any atom is -0.478 e. The first kappa shape index (κ1) is 15.8. The maximum Gasteiger partial charge on any atom is 0.332 e. The van der Waals surface area contributed by atoms with E-state index in [4.69, 9.17) is 0 Å². The molecular formula is C19H23NO3. The van der Waals surface area contributed by atoms with Crippen molar-refractivity contribution < 1.29 is 14.7 Å². The molecule has 23 heavy (non-hydrogen) atoms. The van der Waals surface area contributed by atoms with Crippen LogP contribution in [0, 0.1) is 11.8 Å². The first-order valence-corrected chi connectivity index (χ1v) is 8.40. The molecule has 4 heteroatoms. The topological polar surface area (TPSA) is 57.6 Å². The van der Waals surface area contributed by atoms with Gasteiger partial charge in [0.05, 0.1) is 6.42 Å². The molecule has 1 aliphatic heterocycles. The number of benzene rings is 1. The molecule has 1 aromatic rings. The highest BCUT2D eigenvalue weighted by molar-refractivity contribution is 5.98. The molecule has 0 radical (unpaired) electrons. The third-order valence-corrected chi connectivity index (χ3v) is 5.09. The van der Waals surface area contributed by atoms with Crippen LogP contribution in [0.5, 0.6) is 0 Å². The molecule has 2 fully saturated rings. The van der Waals surface area contributed by atoms with Gasteiger partial charge in [-0.15, -0.1) is 0 Å². The maximum atomic E-state index is 12.5. The zero-order valence-electron chi connectivity index (χ0n) is 13.3. The van der Waals surface area contributed by atoms with Gasteiger partial charge < -0.3 is 10.0 Å². The summed E-state index contributed by atoms with van der Waals surface area (Å²) in [5.41, 5.74) is 0.976. The number of amides is 1. The highest BCUT2D eigenvalue weighted by atomic mass is 16.4. The molecule has 1 heterocycles. The van der Waals surface area contributed by atoms with E-state index in [1.165, 1.54) is 25.7 Å². The number of hydrogen-bond donors (Lipinski definition) is 1. The Labute approximate surface area is 136 Å². The summed E-state index contributed by atoms with van der Waals surface area (Å²) in [6, 6.07) is 9.29. The molecule has 2 atom stereocenters. The summed E-state index contributed by atoms with van der Waals surface area (Å²) in [5, 5.41) is 9.39. The first-order valence-electron chi connectivity index (χ1n) is 8.40. The van der Waals surface area contributed by atoms with E-state index in [0.717, 1.165) is 18.7 Å². The quantitative estimate of drug-likeness (QED) is 0.869. The molecule has 122 valence electrons. The Bertz CT molecular complexity index is 594. The molecular weight excluding hydrogens is 290 g/mol. The Kier molecular flexibility index (Phi) is 4.79. The summed E-state index contributed by atoms with van der Waals surface area (Å²) in [6.07, 6.45) is 6.52. The second-order valence-electron chi connectivity index (χ2n) is 6.67. The van der Waals surface area contributed by atoms with Gasteiger partial charge in [-0.3, -0.25) is 4.79 Å². The molecule has 1 saturated carbocycles. The first-order chi connectivity index (χ1) is 11.1. The normalized spacial score (nSPS) is 24.3. The van der Waals surface area contributed by atoms with Gasteiger partial charge in [0, 0.05) is 18.7 Å². The number of hydrogen-bond acceptors (Lipinski definition) is 2. The summed E-state index contributed by atoms with van der Waals surface area (Å²) < 4.78 is 0. The van der Waals surface area contributed by atoms with Gasteiger partial charge in [0.1, 0.15) is 0 Å². The number of likely N-dealkylation sites (tertiary alicyclic amines) is 1. The van der Waals surface area contributed by atoms with Crippen molar-refractivity contribution in [3.63, 3.8) is 0 Å². The van der Waals surface area contributed by atoms with E-state index >= 15 is 0 Å². The molecule has 4 nitrogen and oxygen atoms in total. The lowest BCUT2D eigenvalue weighted by Crippen LogP contribution is -2.29. The average Bonchev–Trinajstić information content (AvgIpc) is 2.99. The van der Waals surface area contributed by atoms with Crippen LogP contribution in [0.2, 0.25) is 0 Å². The fourth-order valence-corrected chi connectivity index (χ4v) is 3.82. The van der Waals surface area contributed by atoms with Crippen LogP contribution >= 0.6 is 0 Å². The van der Waals surface area contributed by atoms with Crippen LogP contribution in [0.15, 0.2) is 35.9 Å². The fourth-order valence-electron chi connectivity index (χ4n) is 3.82. The monoisotopic (exact) mass is 313 g/mol. The lowest BCUT2D eigenvalue weighted by atomic mass is 9.82. The third kappa shape index (κ3) is 3.81. The van der Waals surface area contributed by atoms with Gasteiger partial charge >= 0.3 is 5.97 Å². The molecule has 0 spiro atoms. The van der Waals surface area contributed by atoms with Gasteiger partial charge in [0.25, 0.3) is 0 Å². The predicted molar refractivity (Wildman–Crippen MR) is 88.7 cm³/mol. The predicted octanol–water partition coefficient (Wildman–Crippen LogP) is 3.19. The summed E-state index contributed by atoms with van der Waals surface area (Å²) >= 11 is 0. The summed E-state index contributed by atoms with van der Waals surface area (Å²) in [4.78, 5) is 25.9. The number of aliphatic carboxylic acids is 1. The van der Waals surface area contributed by atoms with Crippen LogP contribution in [0.25, 0.3) is 6.08 Å². The van der Waals surface area contributed by atoms with Gasteiger partial charge in [0.15, 0.2) is 0 Å². The van der Waals surface area contributed by atoms with Crippen molar-refractivity contribution in [2.24, 2.45) is 11.8 Å². The van der Waals surface area contributed by atoms with Crippen LogP contribution in [0.3, 0.4) is 0 Å². The van der Waals surface area contributed by atoms with Gasteiger partial charge in [-0.25, -0.2) is 4.79 Å². The number of carbonyl (C=O) groups excluding carboxylic acids is 1. The van der Waals surface area contributed by atoms with Crippen LogP contribution < -0.4 is 0 Å². The third-order valence-electron chi connectivity index (χ3n) is 5.09. The van der Waals surface area contributed by atoms with Crippen molar-refractivity contribution in [1.82, 2.24) is 4.90 Å². The zero-order valence-corrected chi connectivity index (χ0v) is 13.3. The number of carboxylic acids is 1. The van der Waals surface area contributed by atoms with Crippen molar-refractivity contribution >= 4 is 18.0 Å². The van der Waals surface area contributed by atoms with Crippen molar-refractivity contribution in [3.05, 3.63) is 41.5 Å². The minimum absolute atomic E-state index is 0.0241. The second-order valence-corrected chi connectivity index (χ2v) is 6.67. The van der Waals surface area contributed by atoms with E-state index in [-0.39, 0.29) is 17.9 Å². The molecule has 0 aromatic heterocycles. The molecule has 3 rings (SSSR count). The Morgan fingerprint density at radius 3 is 2.26 bits per heavy atom. The Hall–Kier alpha value is -2.10. The van der Waals surface area contributed by atoms with Gasteiger partial charge in [-0.1, -0.05) is 43.2 Å². The van der Waals surface area contributed by atoms with E-state index in [9.17, 15) is 14.7 Å². The van der Waals surface area contributed by atoms with Crippen molar-refractivity contribution in [2.45, 2.75) is 32.1 Å². The standard InChI is InChI=1S/C19H23NO3/c21-18(20-12-15-8-4-5-9-16(15)13-20)11-17(19(22)23)10-14-6-2-1-3-7-14/h1-3,6-7,10,15-16H,4-5,8-9,11-13H2,(H,22,23)/b17-10+. The Morgan fingerprint density at radius 1 is 1.09 bits per heavy atom. The summed E-state index contributed by atoms with van der Waals surface area (Å²) in [7, 11) is 0. The maximum absolute atomic E-state index is 12.5. The van der Waals surface area contributed by atoms with E-state index in [1.807, 2.05) is 35.2 Å². The van der Waals surface area contributed by atoms with Crippen LogP contribution in [0.1, 0.15) is 37.7 Å². The van der Waals surface area contributed by atoms with Crippen molar-refractivity contribution in [3.8, 4) is 0 Å². The lowest BCUT2D eigenvalue weighted by molar-refractivity contribution is -0.136. The van der Waals surface area contributed by atoms with Gasteiger partial charge in [-0.05, 0) is 36.3 Å². The number of rotatable bonds is 4. The number of carboxylic acid groups (broad SMARTS) is 1. The molecule has 1 saturated heterocycles. The second kappa shape index (κ2) is 6.99. The zero-order chi connectivity index (χ0) is 16.2. The van der Waals surface area contributed by atoms with Crippen LogP contribution in [-0.4, -0.2) is 35.0 Å². The SMILES string of the molecule is O=C(O)/C(=C/c1ccccc1)CC(=O)N1CC2CCCCC2C1. The molecule has 1 aliphatic carbocycles. The summed E-state index contributed by atoms with van der Waals surface area (Å²) in [6.45, 7) is 1.61. The molecule has 2 unspecified atom stereocenters. The molecule has 2 aliphatic rings. The smallest absolute Gasteiger partial charge is 0.332 e. The summed E-state index contributed by atoms with van der Waals surface area (Å²) in [5.74, 6) is 0.181. The number of fused-ring (bicyclic) bond motifs is 1. The average molecular weight is 313 g/mol. The minimum atomic E-state index is -1.01. The van der Waals surface area contributed by atoms with Crippen LogP contribution in [-0.2, 0) is 9.59 Å². The van der Waals surface area contributed by atoms with E-state index < -0.39 is 5.97 Å². The van der Waals surface area contributed by atoms with Crippen LogP contribution in [0.4, 0.5) is 0 Å². The lowest BCUT2D eigenvalue weighted by Gasteiger charge is -2.22. The molecule has 0 bridgehead atoms. The Balaban J connectivity index is 1.67. The Morgan fingerprint density at radius 2 is 1.70 bits per heavy atom. The van der Waals surface area contributed by atoms with E-state index in [1.54, 1.807) is 6.08 Å². The van der Waals surface area contributed by atoms with Crippen molar-refractivity contribution in [1.29, 1.82) is 0 Å². The van der Waals surface area contributed by atoms with Gasteiger partial charge in [-0.2, -0.15) is 0 Å². The highest BCUT2D eigenvalue weighted by Crippen LogP contribution is 2.36. The van der Waals surface area contributed by atoms with Crippen molar-refractivity contribution in [2.75, 3.05) is 13.1 Å². The largest absolute Gasteiger partial charge is 0.478 e. The molecule has 1 N–H and O–H groups in total. The molecule has 1 aromatic carbocycles. The highest BCUT2D eigenvalue weighted by Gasteiger charge is 2.36. The number of nitrogens with zero attached hydrogens (tertiary/aromatic N) is 1. The van der Waals surface area contributed by atoms with E-state index in [0.29, 0.717) is 11.8 Å². The fraction of sp³-hybridized carbons (Fsp3) is 0.474. The van der Waals surface area contributed by atoms with E-state index in [2.05, 4.69) is 0 Å².